The topological polar surface area (TPSA) is 29.9 Å². The van der Waals surface area contributed by atoms with Gasteiger partial charge < -0.3 is 5.32 Å². The number of nitrogens with zero attached hydrogens (tertiary/aromatic N) is 2. The van der Waals surface area contributed by atoms with E-state index < -0.39 is 0 Å². The molecular weight excluding hydrogens is 270 g/mol. The Morgan fingerprint density at radius 2 is 2.00 bits per heavy atom. The summed E-state index contributed by atoms with van der Waals surface area (Å²) < 4.78 is 1.97. The van der Waals surface area contributed by atoms with Crippen LogP contribution in [0.5, 0.6) is 0 Å². The summed E-state index contributed by atoms with van der Waals surface area (Å²) >= 11 is 5.95. The molecule has 0 bridgehead atoms. The number of benzene rings is 1. The first kappa shape index (κ1) is 15.1. The van der Waals surface area contributed by atoms with Crippen LogP contribution in [-0.4, -0.2) is 16.3 Å². The molecule has 1 heterocycles. The van der Waals surface area contributed by atoms with Gasteiger partial charge >= 0.3 is 0 Å². The van der Waals surface area contributed by atoms with E-state index in [-0.39, 0.29) is 6.04 Å². The molecule has 0 amide bonds. The highest BCUT2D eigenvalue weighted by Gasteiger charge is 2.16. The molecule has 0 fully saturated rings. The summed E-state index contributed by atoms with van der Waals surface area (Å²) in [6.45, 7) is 5.21. The molecule has 0 saturated carbocycles. The van der Waals surface area contributed by atoms with Crippen LogP contribution in [0.3, 0.4) is 0 Å². The molecular formula is C16H22ClN3. The molecule has 0 spiro atoms. The molecule has 0 saturated heterocycles. The van der Waals surface area contributed by atoms with Crippen molar-refractivity contribution in [1.29, 1.82) is 0 Å². The van der Waals surface area contributed by atoms with E-state index in [1.165, 1.54) is 11.3 Å². The maximum absolute atomic E-state index is 5.95. The monoisotopic (exact) mass is 291 g/mol. The minimum atomic E-state index is 0.280. The zero-order valence-electron chi connectivity index (χ0n) is 12.4. The van der Waals surface area contributed by atoms with Crippen molar-refractivity contribution in [3.8, 4) is 0 Å². The number of halogens is 1. The van der Waals surface area contributed by atoms with Gasteiger partial charge in [-0.3, -0.25) is 4.68 Å². The number of aromatic nitrogens is 2. The first-order valence-corrected chi connectivity index (χ1v) is 7.46. The minimum Gasteiger partial charge on any atom is -0.308 e. The number of aryl methyl sites for hydroxylation is 2. The fourth-order valence-electron chi connectivity index (χ4n) is 2.41. The van der Waals surface area contributed by atoms with Gasteiger partial charge in [0.15, 0.2) is 0 Å². The first-order valence-electron chi connectivity index (χ1n) is 7.08. The van der Waals surface area contributed by atoms with E-state index in [1.54, 1.807) is 0 Å². The lowest BCUT2D eigenvalue weighted by Crippen LogP contribution is -2.26. The molecule has 0 aliphatic rings. The van der Waals surface area contributed by atoms with E-state index in [4.69, 9.17) is 11.6 Å². The molecule has 108 valence electrons. The van der Waals surface area contributed by atoms with Gasteiger partial charge in [-0.1, -0.05) is 30.7 Å². The first-order chi connectivity index (χ1) is 9.60. The molecule has 4 heteroatoms. The molecule has 0 aliphatic carbocycles. The number of rotatable bonds is 6. The smallest absolute Gasteiger partial charge is 0.0597 e. The number of nitrogens with one attached hydrogen (secondary N) is 1. The predicted molar refractivity (Wildman–Crippen MR) is 84.1 cm³/mol. The molecule has 2 aromatic rings. The fraction of sp³-hybridized carbons (Fsp3) is 0.438. The Kier molecular flexibility index (Phi) is 5.21. The maximum Gasteiger partial charge on any atom is 0.0597 e. The molecule has 20 heavy (non-hydrogen) atoms. The van der Waals surface area contributed by atoms with Gasteiger partial charge in [-0.2, -0.15) is 5.10 Å². The summed E-state index contributed by atoms with van der Waals surface area (Å²) in [5.41, 5.74) is 3.56. The zero-order chi connectivity index (χ0) is 14.5. The van der Waals surface area contributed by atoms with Crippen LogP contribution in [0.1, 0.15) is 36.3 Å². The van der Waals surface area contributed by atoms with Crippen LogP contribution in [0.4, 0.5) is 0 Å². The van der Waals surface area contributed by atoms with E-state index in [1.807, 2.05) is 30.8 Å². The SMILES string of the molecule is CCCNC(Cc1ccc(Cl)cc1)c1cc(C)nn1C. The summed E-state index contributed by atoms with van der Waals surface area (Å²) in [5, 5.41) is 8.84. The van der Waals surface area contributed by atoms with Crippen molar-refractivity contribution in [1.82, 2.24) is 15.1 Å². The van der Waals surface area contributed by atoms with Crippen LogP contribution in [0, 0.1) is 6.92 Å². The van der Waals surface area contributed by atoms with Crippen molar-refractivity contribution in [2.45, 2.75) is 32.7 Å². The van der Waals surface area contributed by atoms with Crippen molar-refractivity contribution >= 4 is 11.6 Å². The Balaban J connectivity index is 2.19. The highest BCUT2D eigenvalue weighted by molar-refractivity contribution is 6.30. The average molecular weight is 292 g/mol. The minimum absolute atomic E-state index is 0.280. The molecule has 3 nitrogen and oxygen atoms in total. The average Bonchev–Trinajstić information content (AvgIpc) is 2.76. The Labute approximate surface area is 126 Å². The summed E-state index contributed by atoms with van der Waals surface area (Å²) in [6, 6.07) is 10.5. The van der Waals surface area contributed by atoms with E-state index in [0.717, 1.165) is 30.1 Å². The van der Waals surface area contributed by atoms with Crippen LogP contribution < -0.4 is 5.32 Å². The number of hydrogen-bond donors (Lipinski definition) is 1. The van der Waals surface area contributed by atoms with E-state index >= 15 is 0 Å². The molecule has 1 N–H and O–H groups in total. The van der Waals surface area contributed by atoms with Crippen molar-refractivity contribution in [2.24, 2.45) is 7.05 Å². The lowest BCUT2D eigenvalue weighted by molar-refractivity contribution is 0.493. The van der Waals surface area contributed by atoms with Crippen LogP contribution >= 0.6 is 11.6 Å². The Morgan fingerprint density at radius 1 is 1.30 bits per heavy atom. The third kappa shape index (κ3) is 3.84. The standard InChI is InChI=1S/C16H22ClN3/c1-4-9-18-15(16-10-12(2)19-20(16)3)11-13-5-7-14(17)8-6-13/h5-8,10,15,18H,4,9,11H2,1-3H3. The molecule has 1 aromatic carbocycles. The van der Waals surface area contributed by atoms with Gasteiger partial charge in [0.05, 0.1) is 17.4 Å². The second kappa shape index (κ2) is 6.91. The van der Waals surface area contributed by atoms with Crippen LogP contribution in [0.15, 0.2) is 30.3 Å². The normalized spacial score (nSPS) is 12.6. The highest BCUT2D eigenvalue weighted by atomic mass is 35.5. The Bertz CT molecular complexity index is 545. The molecule has 1 aromatic heterocycles. The maximum atomic E-state index is 5.95. The quantitative estimate of drug-likeness (QED) is 0.880. The highest BCUT2D eigenvalue weighted by Crippen LogP contribution is 2.20. The van der Waals surface area contributed by atoms with Gasteiger partial charge in [0.2, 0.25) is 0 Å². The van der Waals surface area contributed by atoms with Crippen molar-refractivity contribution in [2.75, 3.05) is 6.54 Å². The summed E-state index contributed by atoms with van der Waals surface area (Å²) in [6.07, 6.45) is 2.06. The van der Waals surface area contributed by atoms with Crippen molar-refractivity contribution in [3.63, 3.8) is 0 Å². The molecule has 1 unspecified atom stereocenters. The molecule has 0 radical (unpaired) electrons. The number of hydrogen-bond acceptors (Lipinski definition) is 2. The summed E-state index contributed by atoms with van der Waals surface area (Å²) in [5.74, 6) is 0. The lowest BCUT2D eigenvalue weighted by Gasteiger charge is -2.19. The van der Waals surface area contributed by atoms with Crippen LogP contribution in [0.25, 0.3) is 0 Å². The van der Waals surface area contributed by atoms with Crippen molar-refractivity contribution in [3.05, 3.63) is 52.3 Å². The van der Waals surface area contributed by atoms with Gasteiger partial charge in [0.25, 0.3) is 0 Å². The van der Waals surface area contributed by atoms with Crippen LogP contribution in [0.2, 0.25) is 5.02 Å². The van der Waals surface area contributed by atoms with Gasteiger partial charge in [-0.05, 0) is 50.1 Å². The zero-order valence-corrected chi connectivity index (χ0v) is 13.1. The van der Waals surface area contributed by atoms with Gasteiger partial charge in [0, 0.05) is 12.1 Å². The fourth-order valence-corrected chi connectivity index (χ4v) is 2.54. The molecule has 1 atom stereocenters. The van der Waals surface area contributed by atoms with Gasteiger partial charge in [-0.25, -0.2) is 0 Å². The molecule has 0 aliphatic heterocycles. The summed E-state index contributed by atoms with van der Waals surface area (Å²) in [4.78, 5) is 0. The Hall–Kier alpha value is -1.32. The van der Waals surface area contributed by atoms with Crippen LogP contribution in [-0.2, 0) is 13.5 Å². The summed E-state index contributed by atoms with van der Waals surface area (Å²) in [7, 11) is 2.00. The lowest BCUT2D eigenvalue weighted by atomic mass is 10.0. The third-order valence-corrected chi connectivity index (χ3v) is 3.64. The van der Waals surface area contributed by atoms with Gasteiger partial charge in [-0.15, -0.1) is 0 Å². The Morgan fingerprint density at radius 3 is 2.55 bits per heavy atom. The van der Waals surface area contributed by atoms with Gasteiger partial charge in [0.1, 0.15) is 0 Å². The van der Waals surface area contributed by atoms with E-state index in [9.17, 15) is 0 Å². The van der Waals surface area contributed by atoms with Crippen molar-refractivity contribution < 1.29 is 0 Å². The third-order valence-electron chi connectivity index (χ3n) is 3.39. The van der Waals surface area contributed by atoms with E-state index in [2.05, 4.69) is 35.5 Å². The molecule has 2 rings (SSSR count). The predicted octanol–water partition coefficient (Wildman–Crippen LogP) is 3.67. The largest absolute Gasteiger partial charge is 0.308 e. The second-order valence-electron chi connectivity index (χ2n) is 5.17. The second-order valence-corrected chi connectivity index (χ2v) is 5.61. The van der Waals surface area contributed by atoms with E-state index in [0.29, 0.717) is 0 Å².